The van der Waals surface area contributed by atoms with Gasteiger partial charge >= 0.3 is 6.03 Å². The van der Waals surface area contributed by atoms with Crippen molar-refractivity contribution in [1.82, 2.24) is 9.88 Å². The second kappa shape index (κ2) is 6.54. The molecule has 1 saturated carbocycles. The van der Waals surface area contributed by atoms with Gasteiger partial charge in [-0.3, -0.25) is 0 Å². The molecule has 2 fully saturated rings. The first-order chi connectivity index (χ1) is 10.5. The normalized spacial score (nSPS) is 23.8. The van der Waals surface area contributed by atoms with E-state index in [1.54, 1.807) is 11.3 Å². The highest BCUT2D eigenvalue weighted by atomic mass is 32.1. The molecule has 2 unspecified atom stereocenters. The molecule has 1 aromatic heterocycles. The van der Waals surface area contributed by atoms with Gasteiger partial charge in [0.25, 0.3) is 0 Å². The van der Waals surface area contributed by atoms with Crippen LogP contribution in [0.3, 0.4) is 0 Å². The van der Waals surface area contributed by atoms with Crippen molar-refractivity contribution in [3.63, 3.8) is 0 Å². The summed E-state index contributed by atoms with van der Waals surface area (Å²) in [6.07, 6.45) is 4.90. The molecule has 122 valence electrons. The molecular weight excluding hydrogens is 298 g/mol. The predicted octanol–water partition coefficient (Wildman–Crippen LogP) is 2.75. The third-order valence-electron chi connectivity index (χ3n) is 4.68. The van der Waals surface area contributed by atoms with Crippen LogP contribution in [0.5, 0.6) is 0 Å². The molecule has 22 heavy (non-hydrogen) atoms. The van der Waals surface area contributed by atoms with Crippen LogP contribution in [0.1, 0.15) is 43.2 Å². The lowest BCUT2D eigenvalue weighted by Gasteiger charge is -2.13. The molecule has 0 spiro atoms. The van der Waals surface area contributed by atoms with Crippen LogP contribution in [0.2, 0.25) is 0 Å². The van der Waals surface area contributed by atoms with Gasteiger partial charge in [0, 0.05) is 23.2 Å². The number of thiazole rings is 1. The highest BCUT2D eigenvalue weighted by molar-refractivity contribution is 7.09. The van der Waals surface area contributed by atoms with Gasteiger partial charge < -0.3 is 14.6 Å². The van der Waals surface area contributed by atoms with E-state index < -0.39 is 0 Å². The first-order valence-corrected chi connectivity index (χ1v) is 9.00. The summed E-state index contributed by atoms with van der Waals surface area (Å²) in [7, 11) is 0. The van der Waals surface area contributed by atoms with Crippen LogP contribution in [-0.2, 0) is 11.3 Å². The number of aryl methyl sites for hydroxylation is 1. The minimum atomic E-state index is -0.221. The van der Waals surface area contributed by atoms with Crippen molar-refractivity contribution in [3.8, 4) is 0 Å². The zero-order valence-corrected chi connectivity index (χ0v) is 14.4. The molecule has 3 rings (SSSR count). The van der Waals surface area contributed by atoms with Gasteiger partial charge in [-0.15, -0.1) is 11.3 Å². The number of nitrogens with zero attached hydrogens (tertiary/aromatic N) is 2. The van der Waals surface area contributed by atoms with Gasteiger partial charge in [0.1, 0.15) is 0 Å². The lowest BCUT2D eigenvalue weighted by Crippen LogP contribution is -2.34. The zero-order chi connectivity index (χ0) is 15.7. The lowest BCUT2D eigenvalue weighted by molar-refractivity contribution is 0.0958. The van der Waals surface area contributed by atoms with Gasteiger partial charge in [-0.2, -0.15) is 4.99 Å². The van der Waals surface area contributed by atoms with Crippen LogP contribution in [-0.4, -0.2) is 29.4 Å². The highest BCUT2D eigenvalue weighted by Crippen LogP contribution is 2.32. The van der Waals surface area contributed by atoms with Crippen molar-refractivity contribution in [2.75, 3.05) is 6.61 Å². The average molecular weight is 323 g/mol. The molecule has 1 saturated heterocycles. The van der Waals surface area contributed by atoms with Gasteiger partial charge in [-0.05, 0) is 52.4 Å². The largest absolute Gasteiger partial charge is 0.376 e. The Bertz CT molecular complexity index is 609. The van der Waals surface area contributed by atoms with E-state index in [1.165, 1.54) is 23.4 Å². The number of rotatable bonds is 4. The van der Waals surface area contributed by atoms with Crippen molar-refractivity contribution in [2.24, 2.45) is 10.9 Å². The Labute approximate surface area is 135 Å². The molecule has 0 radical (unpaired) electrons. The highest BCUT2D eigenvalue weighted by Gasteiger charge is 2.28. The Morgan fingerprint density at radius 1 is 1.45 bits per heavy atom. The van der Waals surface area contributed by atoms with Crippen molar-refractivity contribution in [2.45, 2.75) is 65.1 Å². The Hall–Kier alpha value is -1.14. The van der Waals surface area contributed by atoms with Gasteiger partial charge in [0.15, 0.2) is 4.80 Å². The second-order valence-corrected chi connectivity index (χ2v) is 7.64. The quantitative estimate of drug-likeness (QED) is 0.926. The Morgan fingerprint density at radius 3 is 2.86 bits per heavy atom. The van der Waals surface area contributed by atoms with Gasteiger partial charge in [0.05, 0.1) is 12.6 Å². The Balaban J connectivity index is 1.77. The standard InChI is InChI=1S/C16H25N3O2S/c1-10(13-6-7-13)17-15(20)18-16-19(11(2)12(3)22-16)9-14-5-4-8-21-14/h10,13-14H,4-9H2,1-3H3,(H,17,20)/b18-16-. The van der Waals surface area contributed by atoms with Gasteiger partial charge in [-0.1, -0.05) is 0 Å². The van der Waals surface area contributed by atoms with Crippen LogP contribution in [0.15, 0.2) is 4.99 Å². The van der Waals surface area contributed by atoms with E-state index >= 15 is 0 Å². The van der Waals surface area contributed by atoms with E-state index in [0.717, 1.165) is 30.8 Å². The summed E-state index contributed by atoms with van der Waals surface area (Å²) in [5.41, 5.74) is 1.18. The van der Waals surface area contributed by atoms with E-state index in [2.05, 4.69) is 35.6 Å². The van der Waals surface area contributed by atoms with Crippen LogP contribution in [0, 0.1) is 19.8 Å². The lowest BCUT2D eigenvalue weighted by atomic mass is 10.2. The number of hydrogen-bond donors (Lipinski definition) is 1. The number of carbonyl (C=O) groups excluding carboxylic acids is 1. The Kier molecular flexibility index (Phi) is 4.68. The fraction of sp³-hybridized carbons (Fsp3) is 0.750. The summed E-state index contributed by atoms with van der Waals surface area (Å²) >= 11 is 1.58. The molecule has 1 N–H and O–H groups in total. The summed E-state index contributed by atoms with van der Waals surface area (Å²) < 4.78 is 7.86. The first kappa shape index (κ1) is 15.7. The zero-order valence-electron chi connectivity index (χ0n) is 13.6. The number of hydrogen-bond acceptors (Lipinski definition) is 3. The smallest absolute Gasteiger partial charge is 0.343 e. The van der Waals surface area contributed by atoms with E-state index in [4.69, 9.17) is 4.74 Å². The number of carbonyl (C=O) groups is 1. The molecular formula is C16H25N3O2S. The summed E-state index contributed by atoms with van der Waals surface area (Å²) in [5.74, 6) is 0.643. The van der Waals surface area contributed by atoms with Crippen LogP contribution in [0.25, 0.3) is 0 Å². The fourth-order valence-electron chi connectivity index (χ4n) is 2.92. The molecule has 2 aliphatic rings. The molecule has 1 aromatic rings. The van der Waals surface area contributed by atoms with Gasteiger partial charge in [0.2, 0.25) is 0 Å². The summed E-state index contributed by atoms with van der Waals surface area (Å²) in [6, 6.07) is 0.00626. The number of ether oxygens (including phenoxy) is 1. The monoisotopic (exact) mass is 323 g/mol. The number of amides is 2. The second-order valence-electron chi connectivity index (χ2n) is 6.46. The molecule has 2 atom stereocenters. The van der Waals surface area contributed by atoms with Crippen molar-refractivity contribution in [3.05, 3.63) is 15.4 Å². The minimum absolute atomic E-state index is 0.221. The van der Waals surface area contributed by atoms with Crippen molar-refractivity contribution >= 4 is 17.4 Å². The molecule has 0 aromatic carbocycles. The first-order valence-electron chi connectivity index (χ1n) is 8.18. The molecule has 1 aliphatic carbocycles. The third kappa shape index (κ3) is 3.60. The van der Waals surface area contributed by atoms with E-state index in [1.807, 2.05) is 0 Å². The van der Waals surface area contributed by atoms with E-state index in [9.17, 15) is 4.79 Å². The maximum absolute atomic E-state index is 12.1. The summed E-state index contributed by atoms with van der Waals surface area (Å²) in [6.45, 7) is 7.87. The molecule has 1 aliphatic heterocycles. The van der Waals surface area contributed by atoms with Crippen molar-refractivity contribution < 1.29 is 9.53 Å². The van der Waals surface area contributed by atoms with Crippen LogP contribution in [0.4, 0.5) is 4.79 Å². The summed E-state index contributed by atoms with van der Waals surface area (Å²) in [5, 5.41) is 3.00. The number of aromatic nitrogens is 1. The topological polar surface area (TPSA) is 55.6 Å². The van der Waals surface area contributed by atoms with Crippen molar-refractivity contribution in [1.29, 1.82) is 0 Å². The molecule has 5 nitrogen and oxygen atoms in total. The maximum atomic E-state index is 12.1. The number of nitrogens with one attached hydrogen (secondary N) is 1. The molecule has 2 heterocycles. The molecule has 6 heteroatoms. The van der Waals surface area contributed by atoms with E-state index in [0.29, 0.717) is 5.92 Å². The Morgan fingerprint density at radius 2 is 2.23 bits per heavy atom. The number of urea groups is 1. The maximum Gasteiger partial charge on any atom is 0.343 e. The van der Waals surface area contributed by atoms with Crippen LogP contribution >= 0.6 is 11.3 Å². The molecule has 2 amide bonds. The minimum Gasteiger partial charge on any atom is -0.376 e. The average Bonchev–Trinajstić information content (AvgIpc) is 3.15. The SMILES string of the molecule is Cc1s/c(=N\C(=O)NC(C)C2CC2)n(CC2CCCO2)c1C. The van der Waals surface area contributed by atoms with Gasteiger partial charge in [-0.25, -0.2) is 4.79 Å². The van der Waals surface area contributed by atoms with Crippen LogP contribution < -0.4 is 10.1 Å². The molecule has 0 bridgehead atoms. The summed E-state index contributed by atoms with van der Waals surface area (Å²) in [4.78, 5) is 18.4. The predicted molar refractivity (Wildman–Crippen MR) is 87.0 cm³/mol. The fourth-order valence-corrected chi connectivity index (χ4v) is 3.90. The van der Waals surface area contributed by atoms with E-state index in [-0.39, 0.29) is 18.2 Å². The third-order valence-corrected chi connectivity index (χ3v) is 5.77.